The molecular formula is C12H14F3N3O3. The van der Waals surface area contributed by atoms with E-state index in [2.05, 4.69) is 9.97 Å². The molecule has 2 heterocycles. The van der Waals surface area contributed by atoms with Gasteiger partial charge in [0.1, 0.15) is 12.5 Å². The Kier molecular flexibility index (Phi) is 4.49. The molecule has 0 bridgehead atoms. The first-order valence-corrected chi connectivity index (χ1v) is 6.25. The minimum absolute atomic E-state index is 0.0919. The van der Waals surface area contributed by atoms with Gasteiger partial charge >= 0.3 is 6.18 Å². The van der Waals surface area contributed by atoms with Crippen LogP contribution in [0, 0.1) is 0 Å². The highest BCUT2D eigenvalue weighted by Gasteiger charge is 2.36. The minimum atomic E-state index is -4.50. The lowest BCUT2D eigenvalue weighted by atomic mass is 10.3. The number of carbonyl (C=O) groups is 1. The molecule has 2 rings (SSSR count). The number of likely N-dealkylation sites (tertiary alicyclic amines) is 1. The number of nitrogens with zero attached hydrogens (tertiary/aromatic N) is 3. The molecule has 1 saturated heterocycles. The van der Waals surface area contributed by atoms with Crippen molar-refractivity contribution in [3.05, 3.63) is 12.4 Å². The van der Waals surface area contributed by atoms with Gasteiger partial charge in [0.25, 0.3) is 11.8 Å². The van der Waals surface area contributed by atoms with Gasteiger partial charge in [-0.05, 0) is 0 Å². The van der Waals surface area contributed by atoms with Gasteiger partial charge in [0.05, 0.1) is 13.7 Å². The monoisotopic (exact) mass is 305 g/mol. The Balaban J connectivity index is 1.92. The maximum atomic E-state index is 12.2. The van der Waals surface area contributed by atoms with E-state index in [4.69, 9.17) is 9.47 Å². The van der Waals surface area contributed by atoms with Crippen LogP contribution >= 0.6 is 0 Å². The Morgan fingerprint density at radius 1 is 1.38 bits per heavy atom. The largest absolute Gasteiger partial charge is 0.477 e. The third-order valence-electron chi connectivity index (χ3n) is 2.95. The Bertz CT molecular complexity index is 510. The highest BCUT2D eigenvalue weighted by atomic mass is 19.4. The fraction of sp³-hybridized carbons (Fsp3) is 0.583. The van der Waals surface area contributed by atoms with Gasteiger partial charge in [-0.1, -0.05) is 0 Å². The molecule has 1 amide bonds. The number of carbonyl (C=O) groups excluding carboxylic acids is 1. The van der Waals surface area contributed by atoms with Crippen LogP contribution in [0.5, 0.6) is 11.8 Å². The summed E-state index contributed by atoms with van der Waals surface area (Å²) in [5.74, 6) is -0.590. The van der Waals surface area contributed by atoms with E-state index >= 15 is 0 Å². The van der Waals surface area contributed by atoms with Crippen LogP contribution in [0.2, 0.25) is 0 Å². The number of rotatable bonds is 4. The van der Waals surface area contributed by atoms with Crippen LogP contribution in [0.25, 0.3) is 0 Å². The molecule has 1 fully saturated rings. The highest BCUT2D eigenvalue weighted by Crippen LogP contribution is 2.26. The molecule has 1 aliphatic heterocycles. The first kappa shape index (κ1) is 15.3. The summed E-state index contributed by atoms with van der Waals surface area (Å²) in [6, 6.07) is 0. The van der Waals surface area contributed by atoms with Crippen molar-refractivity contribution in [3.63, 3.8) is 0 Å². The SMILES string of the molecule is COc1nccnc1O[C@@H]1CCN(C(=O)CC(F)(F)F)C1. The van der Waals surface area contributed by atoms with E-state index in [0.29, 0.717) is 6.42 Å². The molecule has 0 aromatic carbocycles. The smallest absolute Gasteiger partial charge is 0.397 e. The molecule has 1 aromatic heterocycles. The number of ether oxygens (including phenoxy) is 2. The Morgan fingerprint density at radius 2 is 2.05 bits per heavy atom. The van der Waals surface area contributed by atoms with Crippen molar-refractivity contribution in [1.82, 2.24) is 14.9 Å². The van der Waals surface area contributed by atoms with Gasteiger partial charge in [-0.25, -0.2) is 9.97 Å². The average Bonchev–Trinajstić information content (AvgIpc) is 2.86. The Labute approximate surface area is 118 Å². The molecule has 0 spiro atoms. The number of methoxy groups -OCH3 is 1. The summed E-state index contributed by atoms with van der Waals surface area (Å²) in [6.07, 6.45) is -3.09. The van der Waals surface area contributed by atoms with E-state index in [1.165, 1.54) is 19.5 Å². The summed E-state index contributed by atoms with van der Waals surface area (Å²) in [5, 5.41) is 0. The fourth-order valence-electron chi connectivity index (χ4n) is 2.03. The normalized spacial score (nSPS) is 18.7. The fourth-order valence-corrected chi connectivity index (χ4v) is 2.03. The third kappa shape index (κ3) is 4.20. The van der Waals surface area contributed by atoms with Crippen LogP contribution in [0.4, 0.5) is 13.2 Å². The zero-order valence-corrected chi connectivity index (χ0v) is 11.3. The maximum Gasteiger partial charge on any atom is 0.397 e. The standard InChI is InChI=1S/C12H14F3N3O3/c1-20-10-11(17-4-3-16-10)21-8-2-5-18(7-8)9(19)6-12(13,14)15/h3-4,8H,2,5-7H2,1H3/t8-/m1/s1. The predicted octanol–water partition coefficient (Wildman–Crippen LogP) is 1.42. The number of amides is 1. The van der Waals surface area contributed by atoms with Gasteiger partial charge in [-0.2, -0.15) is 13.2 Å². The van der Waals surface area contributed by atoms with Gasteiger partial charge in [0.2, 0.25) is 5.91 Å². The zero-order chi connectivity index (χ0) is 15.5. The van der Waals surface area contributed by atoms with Gasteiger partial charge in [0, 0.05) is 25.4 Å². The molecule has 0 radical (unpaired) electrons. The third-order valence-corrected chi connectivity index (χ3v) is 2.95. The number of alkyl halides is 3. The van der Waals surface area contributed by atoms with Crippen LogP contribution in [0.1, 0.15) is 12.8 Å². The summed E-state index contributed by atoms with van der Waals surface area (Å²) < 4.78 is 47.1. The highest BCUT2D eigenvalue weighted by molar-refractivity contribution is 5.77. The van der Waals surface area contributed by atoms with Crippen molar-refractivity contribution in [3.8, 4) is 11.8 Å². The lowest BCUT2D eigenvalue weighted by Gasteiger charge is -2.18. The average molecular weight is 305 g/mol. The van der Waals surface area contributed by atoms with E-state index in [0.717, 1.165) is 4.90 Å². The number of aromatic nitrogens is 2. The van der Waals surface area contributed by atoms with Crippen LogP contribution in [0.3, 0.4) is 0 Å². The first-order chi connectivity index (χ1) is 9.89. The van der Waals surface area contributed by atoms with E-state index in [1.54, 1.807) is 0 Å². The van der Waals surface area contributed by atoms with Gasteiger partial charge < -0.3 is 14.4 Å². The molecule has 21 heavy (non-hydrogen) atoms. The second-order valence-electron chi connectivity index (χ2n) is 4.53. The number of hydrogen-bond acceptors (Lipinski definition) is 5. The molecule has 0 unspecified atom stereocenters. The number of halogens is 3. The van der Waals surface area contributed by atoms with Crippen molar-refractivity contribution in [2.75, 3.05) is 20.2 Å². The lowest BCUT2D eigenvalue weighted by Crippen LogP contribution is -2.34. The van der Waals surface area contributed by atoms with Gasteiger partial charge in [0.15, 0.2) is 0 Å². The van der Waals surface area contributed by atoms with Crippen LogP contribution in [-0.2, 0) is 4.79 Å². The van der Waals surface area contributed by atoms with E-state index in [1.807, 2.05) is 0 Å². The molecule has 0 saturated carbocycles. The second kappa shape index (κ2) is 6.15. The minimum Gasteiger partial charge on any atom is -0.477 e. The van der Waals surface area contributed by atoms with Crippen LogP contribution < -0.4 is 9.47 Å². The number of hydrogen-bond donors (Lipinski definition) is 0. The van der Waals surface area contributed by atoms with Crippen molar-refractivity contribution >= 4 is 5.91 Å². The summed E-state index contributed by atoms with van der Waals surface area (Å²) in [4.78, 5) is 20.5. The molecule has 1 atom stereocenters. The van der Waals surface area contributed by atoms with Gasteiger partial charge in [-0.3, -0.25) is 4.79 Å². The summed E-state index contributed by atoms with van der Waals surface area (Å²) in [6.45, 7) is 0.316. The van der Waals surface area contributed by atoms with Crippen LogP contribution in [-0.4, -0.2) is 53.3 Å². The Morgan fingerprint density at radius 3 is 2.67 bits per heavy atom. The molecule has 1 aliphatic rings. The second-order valence-corrected chi connectivity index (χ2v) is 4.53. The van der Waals surface area contributed by atoms with Gasteiger partial charge in [-0.15, -0.1) is 0 Å². The van der Waals surface area contributed by atoms with Crippen molar-refractivity contribution in [2.24, 2.45) is 0 Å². The van der Waals surface area contributed by atoms with Crippen molar-refractivity contribution < 1.29 is 27.4 Å². The van der Waals surface area contributed by atoms with E-state index in [-0.39, 0.29) is 24.8 Å². The first-order valence-electron chi connectivity index (χ1n) is 6.25. The maximum absolute atomic E-state index is 12.2. The summed E-state index contributed by atoms with van der Waals surface area (Å²) >= 11 is 0. The quantitative estimate of drug-likeness (QED) is 0.841. The van der Waals surface area contributed by atoms with Crippen LogP contribution in [0.15, 0.2) is 12.4 Å². The molecule has 0 N–H and O–H groups in total. The Hall–Kier alpha value is -2.06. The van der Waals surface area contributed by atoms with E-state index in [9.17, 15) is 18.0 Å². The molecule has 9 heteroatoms. The molecule has 1 aromatic rings. The van der Waals surface area contributed by atoms with Crippen molar-refractivity contribution in [2.45, 2.75) is 25.1 Å². The topological polar surface area (TPSA) is 64.6 Å². The molecule has 6 nitrogen and oxygen atoms in total. The molecule has 116 valence electrons. The predicted molar refractivity (Wildman–Crippen MR) is 64.9 cm³/mol. The van der Waals surface area contributed by atoms with E-state index < -0.39 is 24.6 Å². The summed E-state index contributed by atoms with van der Waals surface area (Å²) in [5.41, 5.74) is 0. The summed E-state index contributed by atoms with van der Waals surface area (Å²) in [7, 11) is 1.41. The zero-order valence-electron chi connectivity index (χ0n) is 11.3. The molecule has 0 aliphatic carbocycles. The van der Waals surface area contributed by atoms with Crippen molar-refractivity contribution in [1.29, 1.82) is 0 Å². The lowest BCUT2D eigenvalue weighted by molar-refractivity contribution is -0.160. The molecular weight excluding hydrogens is 291 g/mol.